The van der Waals surface area contributed by atoms with E-state index in [1.54, 1.807) is 0 Å². The number of Topliss-reactive ketones (excluding diaryl/α,β-unsaturated/α-hetero) is 2. The van der Waals surface area contributed by atoms with Crippen molar-refractivity contribution in [2.24, 2.45) is 11.7 Å². The first-order valence-corrected chi connectivity index (χ1v) is 11.1. The van der Waals surface area contributed by atoms with Crippen molar-refractivity contribution in [3.63, 3.8) is 0 Å². The Balaban J connectivity index is 5.27. The lowest BCUT2D eigenvalue weighted by atomic mass is 9.96. The molecule has 0 bridgehead atoms. The second kappa shape index (κ2) is 15.8. The second-order valence-corrected chi connectivity index (χ2v) is 8.18. The molecule has 2 amide bonds. The Morgan fingerprint density at radius 3 is 1.88 bits per heavy atom. The van der Waals surface area contributed by atoms with Gasteiger partial charge in [-0.3, -0.25) is 19.2 Å². The summed E-state index contributed by atoms with van der Waals surface area (Å²) in [5, 5.41) is 24.5. The Kier molecular flexibility index (Phi) is 14.9. The summed E-state index contributed by atoms with van der Waals surface area (Å²) in [6, 6.07) is -3.76. The van der Waals surface area contributed by atoms with Crippen molar-refractivity contribution in [1.29, 1.82) is 0 Å². The molecule has 0 saturated carbocycles. The van der Waals surface area contributed by atoms with E-state index in [1.807, 2.05) is 13.8 Å². The molecule has 11 heteroatoms. The fourth-order valence-electron chi connectivity index (χ4n) is 3.11. The third-order valence-corrected chi connectivity index (χ3v) is 5.36. The van der Waals surface area contributed by atoms with Crippen molar-refractivity contribution >= 4 is 23.4 Å². The minimum Gasteiger partial charge on any atom is -0.394 e. The first-order chi connectivity index (χ1) is 15.0. The van der Waals surface area contributed by atoms with Gasteiger partial charge in [0.1, 0.15) is 12.1 Å². The van der Waals surface area contributed by atoms with E-state index < -0.39 is 48.7 Å². The molecule has 0 saturated heterocycles. The zero-order chi connectivity index (χ0) is 24.8. The van der Waals surface area contributed by atoms with Crippen LogP contribution in [0.4, 0.5) is 0 Å². The largest absolute Gasteiger partial charge is 0.394 e. The first kappa shape index (κ1) is 30.1. The van der Waals surface area contributed by atoms with Gasteiger partial charge in [0.15, 0.2) is 11.6 Å². The van der Waals surface area contributed by atoms with Gasteiger partial charge >= 0.3 is 0 Å². The van der Waals surface area contributed by atoms with Gasteiger partial charge in [0, 0.05) is 0 Å². The van der Waals surface area contributed by atoms with Crippen molar-refractivity contribution in [1.82, 2.24) is 21.5 Å². The molecule has 6 atom stereocenters. The Hall–Kier alpha value is -1.92. The van der Waals surface area contributed by atoms with Gasteiger partial charge in [0.25, 0.3) is 0 Å². The lowest BCUT2D eigenvalue weighted by molar-refractivity contribution is -0.133. The van der Waals surface area contributed by atoms with Crippen LogP contribution in [-0.4, -0.2) is 77.0 Å². The molecule has 32 heavy (non-hydrogen) atoms. The highest BCUT2D eigenvalue weighted by atomic mass is 16.3. The Morgan fingerprint density at radius 2 is 1.44 bits per heavy atom. The number of unbranched alkanes of at least 4 members (excludes halogenated alkanes) is 1. The van der Waals surface area contributed by atoms with Crippen LogP contribution in [0.5, 0.6) is 0 Å². The molecule has 0 aromatic rings. The van der Waals surface area contributed by atoms with E-state index >= 15 is 0 Å². The summed E-state index contributed by atoms with van der Waals surface area (Å²) < 4.78 is 0. The van der Waals surface area contributed by atoms with Gasteiger partial charge in [-0.2, -0.15) is 0 Å². The average Bonchev–Trinajstić information content (AvgIpc) is 2.73. The van der Waals surface area contributed by atoms with Gasteiger partial charge in [0.05, 0.1) is 24.8 Å². The van der Waals surface area contributed by atoms with Crippen molar-refractivity contribution < 1.29 is 29.4 Å². The van der Waals surface area contributed by atoms with Crippen molar-refractivity contribution in [3.05, 3.63) is 0 Å². The molecule has 0 aliphatic carbocycles. The molecule has 0 aromatic carbocycles. The Labute approximate surface area is 190 Å². The number of ketones is 2. The van der Waals surface area contributed by atoms with Crippen LogP contribution in [0.15, 0.2) is 0 Å². The summed E-state index contributed by atoms with van der Waals surface area (Å²) in [6.07, 6.45) is 1.27. The summed E-state index contributed by atoms with van der Waals surface area (Å²) in [7, 11) is 0. The maximum Gasteiger partial charge on any atom is 0.245 e. The van der Waals surface area contributed by atoms with Gasteiger partial charge in [-0.15, -0.1) is 0 Å². The van der Waals surface area contributed by atoms with Crippen molar-refractivity contribution in [3.8, 4) is 0 Å². The number of nitrogens with one attached hydrogen (secondary N) is 4. The van der Waals surface area contributed by atoms with Crippen LogP contribution < -0.4 is 27.2 Å². The van der Waals surface area contributed by atoms with Gasteiger partial charge in [-0.1, -0.05) is 26.7 Å². The minimum absolute atomic E-state index is 0.106. The molecular formula is C21H41N5O6. The molecule has 11 nitrogen and oxygen atoms in total. The molecule has 186 valence electrons. The van der Waals surface area contributed by atoms with Crippen LogP contribution in [0.25, 0.3) is 0 Å². The van der Waals surface area contributed by atoms with Crippen molar-refractivity contribution in [2.75, 3.05) is 13.2 Å². The molecule has 0 heterocycles. The number of rotatable bonds is 17. The smallest absolute Gasteiger partial charge is 0.245 e. The number of amides is 2. The molecular weight excluding hydrogens is 418 g/mol. The van der Waals surface area contributed by atoms with Gasteiger partial charge in [-0.05, 0) is 46.1 Å². The number of hydrogen-bond acceptors (Lipinski definition) is 9. The van der Waals surface area contributed by atoms with E-state index in [0.29, 0.717) is 32.2 Å². The SMILES string of the molecule is CC[C@H](C)C(NC(=O)[C@H](CO)NC(=O)[C@H](CCCCN)NN[C@H](C(C)=O)[C@@H](C)O)C(C)=O. The molecule has 0 aliphatic heterocycles. The standard InChI is InChI=1S/C21H41N5O6/c1-6-12(2)18(13(3)28)24-21(32)17(11-27)23-20(31)16(9-7-8-10-22)25-26-19(14(4)29)15(5)30/h12,14,16-19,25-27,29H,6-11,22H2,1-5H3,(H,23,31)(H,24,32)/t12-,14+,16-,17-,18?,19-/m0/s1. The van der Waals surface area contributed by atoms with E-state index in [9.17, 15) is 29.4 Å². The summed E-state index contributed by atoms with van der Waals surface area (Å²) in [5.74, 6) is -1.89. The van der Waals surface area contributed by atoms with Crippen LogP contribution in [-0.2, 0) is 19.2 Å². The number of aliphatic hydroxyl groups excluding tert-OH is 2. The third-order valence-electron chi connectivity index (χ3n) is 5.36. The monoisotopic (exact) mass is 459 g/mol. The van der Waals surface area contributed by atoms with Crippen LogP contribution in [0, 0.1) is 5.92 Å². The van der Waals surface area contributed by atoms with E-state index in [4.69, 9.17) is 5.73 Å². The number of aliphatic hydroxyl groups is 2. The molecule has 0 aromatic heterocycles. The molecule has 0 rings (SSSR count). The van der Waals surface area contributed by atoms with Gasteiger partial charge in [-0.25, -0.2) is 10.9 Å². The first-order valence-electron chi connectivity index (χ1n) is 11.1. The van der Waals surface area contributed by atoms with Crippen LogP contribution in [0.1, 0.15) is 60.3 Å². The highest BCUT2D eigenvalue weighted by Crippen LogP contribution is 2.09. The van der Waals surface area contributed by atoms with E-state index in [0.717, 1.165) is 0 Å². The zero-order valence-corrected chi connectivity index (χ0v) is 19.8. The second-order valence-electron chi connectivity index (χ2n) is 8.18. The summed E-state index contributed by atoms with van der Waals surface area (Å²) in [5.41, 5.74) is 10.9. The molecule has 0 spiro atoms. The molecule has 8 N–H and O–H groups in total. The molecule has 0 radical (unpaired) electrons. The fourth-order valence-corrected chi connectivity index (χ4v) is 3.11. The highest BCUT2D eigenvalue weighted by molar-refractivity contribution is 5.93. The van der Waals surface area contributed by atoms with Crippen LogP contribution in [0.2, 0.25) is 0 Å². The van der Waals surface area contributed by atoms with Gasteiger partial charge in [0.2, 0.25) is 11.8 Å². The lowest BCUT2D eigenvalue weighted by Gasteiger charge is -2.27. The van der Waals surface area contributed by atoms with E-state index in [1.165, 1.54) is 20.8 Å². The maximum atomic E-state index is 12.8. The number of nitrogens with two attached hydrogens (primary N) is 1. The zero-order valence-electron chi connectivity index (χ0n) is 19.8. The quantitative estimate of drug-likeness (QED) is 0.101. The normalized spacial score (nSPS) is 16.9. The molecule has 0 aliphatic rings. The lowest BCUT2D eigenvalue weighted by Crippen LogP contribution is -2.60. The van der Waals surface area contributed by atoms with E-state index in [-0.39, 0.29) is 17.5 Å². The predicted molar refractivity (Wildman–Crippen MR) is 120 cm³/mol. The number of carbonyl (C=O) groups excluding carboxylic acids is 4. The van der Waals surface area contributed by atoms with E-state index in [2.05, 4.69) is 21.5 Å². The van der Waals surface area contributed by atoms with Crippen molar-refractivity contribution in [2.45, 2.75) is 90.6 Å². The summed E-state index contributed by atoms with van der Waals surface area (Å²) >= 11 is 0. The predicted octanol–water partition coefficient (Wildman–Crippen LogP) is -1.49. The average molecular weight is 460 g/mol. The summed E-state index contributed by atoms with van der Waals surface area (Å²) in [4.78, 5) is 49.0. The minimum atomic E-state index is -1.26. The Morgan fingerprint density at radius 1 is 0.875 bits per heavy atom. The third kappa shape index (κ3) is 10.6. The molecule has 0 fully saturated rings. The van der Waals surface area contributed by atoms with Crippen LogP contribution in [0.3, 0.4) is 0 Å². The molecule has 1 unspecified atom stereocenters. The fraction of sp³-hybridized carbons (Fsp3) is 0.810. The van der Waals surface area contributed by atoms with Gasteiger partial charge < -0.3 is 26.6 Å². The maximum absolute atomic E-state index is 12.8. The Bertz CT molecular complexity index is 615. The topological polar surface area (TPSA) is 183 Å². The number of hydrazine groups is 1. The number of hydrogen-bond donors (Lipinski definition) is 7. The highest BCUT2D eigenvalue weighted by Gasteiger charge is 2.30. The number of carbonyl (C=O) groups is 4. The van der Waals surface area contributed by atoms with Crippen LogP contribution >= 0.6 is 0 Å². The summed E-state index contributed by atoms with van der Waals surface area (Å²) in [6.45, 7) is 7.63.